The molecule has 3 N–H and O–H groups in total. The Morgan fingerprint density at radius 3 is 2.38 bits per heavy atom. The second-order valence-electron chi connectivity index (χ2n) is 6.12. The summed E-state index contributed by atoms with van der Waals surface area (Å²) in [6.07, 6.45) is 2.12. The fourth-order valence-corrected chi connectivity index (χ4v) is 2.72. The Labute approximate surface area is 127 Å². The van der Waals surface area contributed by atoms with Gasteiger partial charge in [0.2, 0.25) is 0 Å². The quantitative estimate of drug-likeness (QED) is 0.751. The highest BCUT2D eigenvalue weighted by atomic mass is 16.3. The van der Waals surface area contributed by atoms with Gasteiger partial charge in [0, 0.05) is 24.8 Å². The van der Waals surface area contributed by atoms with Crippen molar-refractivity contribution in [1.82, 2.24) is 5.32 Å². The molecule has 2 atom stereocenters. The number of hydrogen-bond donors (Lipinski definition) is 3. The SMILES string of the molecule is CC(O)CCNC(C)c1ccc(N2CCC(O)CC2)cc1. The maximum atomic E-state index is 9.56. The van der Waals surface area contributed by atoms with Crippen molar-refractivity contribution in [2.75, 3.05) is 24.5 Å². The third kappa shape index (κ3) is 4.99. The van der Waals surface area contributed by atoms with Gasteiger partial charge in [-0.1, -0.05) is 12.1 Å². The Balaban J connectivity index is 1.86. The molecule has 21 heavy (non-hydrogen) atoms. The van der Waals surface area contributed by atoms with Crippen LogP contribution in [-0.2, 0) is 0 Å². The van der Waals surface area contributed by atoms with Gasteiger partial charge in [0.1, 0.15) is 0 Å². The van der Waals surface area contributed by atoms with E-state index in [0.29, 0.717) is 6.04 Å². The number of hydrogen-bond acceptors (Lipinski definition) is 4. The molecule has 1 saturated heterocycles. The molecule has 0 amide bonds. The molecule has 4 heteroatoms. The van der Waals surface area contributed by atoms with Crippen LogP contribution in [0.25, 0.3) is 0 Å². The number of piperidine rings is 1. The Hall–Kier alpha value is -1.10. The van der Waals surface area contributed by atoms with E-state index in [1.54, 1.807) is 0 Å². The zero-order valence-electron chi connectivity index (χ0n) is 13.1. The van der Waals surface area contributed by atoms with E-state index in [1.807, 2.05) is 6.92 Å². The first-order chi connectivity index (χ1) is 10.1. The molecule has 118 valence electrons. The molecule has 1 aromatic carbocycles. The van der Waals surface area contributed by atoms with E-state index < -0.39 is 0 Å². The lowest BCUT2D eigenvalue weighted by Gasteiger charge is -2.31. The first-order valence-corrected chi connectivity index (χ1v) is 8.00. The van der Waals surface area contributed by atoms with Crippen LogP contribution in [0.3, 0.4) is 0 Å². The van der Waals surface area contributed by atoms with Gasteiger partial charge < -0.3 is 20.4 Å². The molecule has 0 bridgehead atoms. The van der Waals surface area contributed by atoms with Crippen molar-refractivity contribution in [2.24, 2.45) is 0 Å². The Morgan fingerprint density at radius 1 is 1.19 bits per heavy atom. The molecule has 2 unspecified atom stereocenters. The predicted molar refractivity (Wildman–Crippen MR) is 86.6 cm³/mol. The lowest BCUT2D eigenvalue weighted by Crippen LogP contribution is -2.35. The maximum absolute atomic E-state index is 9.56. The molecule has 4 nitrogen and oxygen atoms in total. The van der Waals surface area contributed by atoms with E-state index in [4.69, 9.17) is 0 Å². The minimum absolute atomic E-state index is 0.126. The molecular weight excluding hydrogens is 264 g/mol. The summed E-state index contributed by atoms with van der Waals surface area (Å²) in [6, 6.07) is 8.96. The van der Waals surface area contributed by atoms with Gasteiger partial charge >= 0.3 is 0 Å². The summed E-state index contributed by atoms with van der Waals surface area (Å²) in [4.78, 5) is 2.34. The van der Waals surface area contributed by atoms with Crippen LogP contribution in [-0.4, -0.2) is 42.1 Å². The van der Waals surface area contributed by atoms with Gasteiger partial charge in [-0.05, 0) is 57.4 Å². The van der Waals surface area contributed by atoms with Crippen molar-refractivity contribution in [2.45, 2.75) is 51.4 Å². The molecule has 1 heterocycles. The van der Waals surface area contributed by atoms with E-state index >= 15 is 0 Å². The van der Waals surface area contributed by atoms with E-state index in [2.05, 4.69) is 41.4 Å². The molecule has 0 aliphatic carbocycles. The van der Waals surface area contributed by atoms with Gasteiger partial charge in [0.25, 0.3) is 0 Å². The highest BCUT2D eigenvalue weighted by molar-refractivity contribution is 5.48. The average molecular weight is 292 g/mol. The van der Waals surface area contributed by atoms with Crippen molar-refractivity contribution >= 4 is 5.69 Å². The fourth-order valence-electron chi connectivity index (χ4n) is 2.72. The standard InChI is InChI=1S/C17H28N2O2/c1-13(20)7-10-18-14(2)15-3-5-16(6-4-15)19-11-8-17(21)9-12-19/h3-6,13-14,17-18,20-21H,7-12H2,1-2H3. The summed E-state index contributed by atoms with van der Waals surface area (Å²) in [5, 5.41) is 22.3. The molecule has 0 spiro atoms. The van der Waals surface area contributed by atoms with Gasteiger partial charge in [-0.15, -0.1) is 0 Å². The summed E-state index contributed by atoms with van der Waals surface area (Å²) < 4.78 is 0. The van der Waals surface area contributed by atoms with Crippen LogP contribution >= 0.6 is 0 Å². The number of nitrogens with one attached hydrogen (secondary N) is 1. The molecule has 0 aromatic heterocycles. The van der Waals surface area contributed by atoms with Crippen molar-refractivity contribution < 1.29 is 10.2 Å². The maximum Gasteiger partial charge on any atom is 0.0574 e. The number of anilines is 1. The summed E-state index contributed by atoms with van der Waals surface area (Å²) in [6.45, 7) is 6.65. The van der Waals surface area contributed by atoms with Crippen LogP contribution in [0.15, 0.2) is 24.3 Å². The fraction of sp³-hybridized carbons (Fsp3) is 0.647. The first-order valence-electron chi connectivity index (χ1n) is 8.00. The van der Waals surface area contributed by atoms with Gasteiger partial charge in [-0.3, -0.25) is 0 Å². The number of nitrogens with zero attached hydrogens (tertiary/aromatic N) is 1. The van der Waals surface area contributed by atoms with Crippen LogP contribution in [0.4, 0.5) is 5.69 Å². The van der Waals surface area contributed by atoms with Gasteiger partial charge in [0.15, 0.2) is 0 Å². The van der Waals surface area contributed by atoms with Crippen LogP contribution in [0.1, 0.15) is 44.7 Å². The van der Waals surface area contributed by atoms with E-state index in [-0.39, 0.29) is 12.2 Å². The second-order valence-corrected chi connectivity index (χ2v) is 6.12. The molecule has 1 aromatic rings. The van der Waals surface area contributed by atoms with Crippen molar-refractivity contribution in [1.29, 1.82) is 0 Å². The highest BCUT2D eigenvalue weighted by Gasteiger charge is 2.17. The monoisotopic (exact) mass is 292 g/mol. The van der Waals surface area contributed by atoms with E-state index in [0.717, 1.165) is 38.9 Å². The number of aliphatic hydroxyl groups excluding tert-OH is 2. The number of aliphatic hydroxyl groups is 2. The number of benzene rings is 1. The zero-order valence-corrected chi connectivity index (χ0v) is 13.1. The Bertz CT molecular complexity index is 411. The third-order valence-electron chi connectivity index (χ3n) is 4.24. The van der Waals surface area contributed by atoms with Crippen molar-refractivity contribution in [3.63, 3.8) is 0 Å². The minimum atomic E-state index is -0.249. The largest absolute Gasteiger partial charge is 0.393 e. The van der Waals surface area contributed by atoms with E-state index in [1.165, 1.54) is 11.3 Å². The summed E-state index contributed by atoms with van der Waals surface area (Å²) in [5.74, 6) is 0. The second kappa shape index (κ2) is 7.78. The Morgan fingerprint density at radius 2 is 1.81 bits per heavy atom. The van der Waals surface area contributed by atoms with Crippen LogP contribution in [0.5, 0.6) is 0 Å². The minimum Gasteiger partial charge on any atom is -0.393 e. The lowest BCUT2D eigenvalue weighted by molar-refractivity contribution is 0.145. The van der Waals surface area contributed by atoms with Gasteiger partial charge in [-0.25, -0.2) is 0 Å². The smallest absolute Gasteiger partial charge is 0.0574 e. The summed E-state index contributed by atoms with van der Waals surface area (Å²) >= 11 is 0. The molecular formula is C17H28N2O2. The van der Waals surface area contributed by atoms with Gasteiger partial charge in [0.05, 0.1) is 12.2 Å². The molecule has 1 fully saturated rings. The van der Waals surface area contributed by atoms with Crippen LogP contribution < -0.4 is 10.2 Å². The van der Waals surface area contributed by atoms with Crippen molar-refractivity contribution in [3.8, 4) is 0 Å². The average Bonchev–Trinajstić information content (AvgIpc) is 2.48. The third-order valence-corrected chi connectivity index (χ3v) is 4.24. The molecule has 0 saturated carbocycles. The van der Waals surface area contributed by atoms with Crippen LogP contribution in [0.2, 0.25) is 0 Å². The number of rotatable bonds is 6. The topological polar surface area (TPSA) is 55.7 Å². The van der Waals surface area contributed by atoms with Crippen molar-refractivity contribution in [3.05, 3.63) is 29.8 Å². The molecule has 1 aliphatic rings. The van der Waals surface area contributed by atoms with Gasteiger partial charge in [-0.2, -0.15) is 0 Å². The molecule has 0 radical (unpaired) electrons. The molecule has 1 aliphatic heterocycles. The highest BCUT2D eigenvalue weighted by Crippen LogP contribution is 2.22. The normalized spacial score (nSPS) is 19.5. The Kier molecular flexibility index (Phi) is 6.03. The van der Waals surface area contributed by atoms with E-state index in [9.17, 15) is 10.2 Å². The summed E-state index contributed by atoms with van der Waals surface area (Å²) in [5.41, 5.74) is 2.50. The molecule has 2 rings (SSSR count). The summed E-state index contributed by atoms with van der Waals surface area (Å²) in [7, 11) is 0. The van der Waals surface area contributed by atoms with Crippen LogP contribution in [0, 0.1) is 0 Å². The zero-order chi connectivity index (χ0) is 15.2. The predicted octanol–water partition coefficient (Wildman–Crippen LogP) is 2.07. The lowest BCUT2D eigenvalue weighted by atomic mass is 10.0. The first kappa shape index (κ1) is 16.3.